The maximum atomic E-state index is 13.5. The molecule has 1 amide bonds. The number of nitrogens with zero attached hydrogens (tertiary/aromatic N) is 6. The number of halogens is 1. The number of carbonyl (C=O) groups is 1. The van der Waals surface area contributed by atoms with E-state index in [0.717, 1.165) is 69.3 Å². The zero-order chi connectivity index (χ0) is 29.1. The van der Waals surface area contributed by atoms with Gasteiger partial charge < -0.3 is 24.2 Å². The zero-order valence-corrected chi connectivity index (χ0v) is 24.4. The molecule has 2 fully saturated rings. The summed E-state index contributed by atoms with van der Waals surface area (Å²) in [7, 11) is 0. The number of hydrogen-bond donors (Lipinski definition) is 0. The molecular formula is C32H39FN6O3. The van der Waals surface area contributed by atoms with Crippen LogP contribution in [0, 0.1) is 6.92 Å². The second-order valence-corrected chi connectivity index (χ2v) is 11.2. The summed E-state index contributed by atoms with van der Waals surface area (Å²) >= 11 is 0. The lowest BCUT2D eigenvalue weighted by molar-refractivity contribution is -0.128. The SMILES string of the molecule is C=C(F)C(=O)N1CCN(c2nc(OCCN3CCCOCC3)nc3c2CCN(c2cccc4cccc(C)c24)C3)CC1. The first-order chi connectivity index (χ1) is 20.5. The van der Waals surface area contributed by atoms with Crippen LogP contribution >= 0.6 is 0 Å². The van der Waals surface area contributed by atoms with Gasteiger partial charge in [-0.1, -0.05) is 36.9 Å². The van der Waals surface area contributed by atoms with E-state index in [9.17, 15) is 9.18 Å². The summed E-state index contributed by atoms with van der Waals surface area (Å²) in [5, 5.41) is 2.50. The van der Waals surface area contributed by atoms with Crippen LogP contribution in [0.5, 0.6) is 6.01 Å². The third-order valence-electron chi connectivity index (χ3n) is 8.51. The molecule has 1 aromatic heterocycles. The molecule has 3 aliphatic rings. The van der Waals surface area contributed by atoms with Gasteiger partial charge in [0.05, 0.1) is 18.8 Å². The van der Waals surface area contributed by atoms with Gasteiger partial charge >= 0.3 is 6.01 Å². The Bertz CT molecular complexity index is 1440. The molecule has 0 N–H and O–H groups in total. The number of hydrogen-bond acceptors (Lipinski definition) is 8. The molecule has 9 nitrogen and oxygen atoms in total. The number of piperazine rings is 1. The molecule has 6 rings (SSSR count). The van der Waals surface area contributed by atoms with Crippen LogP contribution in [-0.2, 0) is 22.5 Å². The van der Waals surface area contributed by atoms with Crippen LogP contribution in [-0.4, -0.2) is 97.9 Å². The Morgan fingerprint density at radius 2 is 1.81 bits per heavy atom. The van der Waals surface area contributed by atoms with Crippen LogP contribution in [0.2, 0.25) is 0 Å². The number of ether oxygens (including phenoxy) is 2. The topological polar surface area (TPSA) is 74.3 Å². The molecular weight excluding hydrogens is 535 g/mol. The summed E-state index contributed by atoms with van der Waals surface area (Å²) in [6.45, 7) is 13.5. The van der Waals surface area contributed by atoms with Crippen molar-refractivity contribution < 1.29 is 18.7 Å². The zero-order valence-electron chi connectivity index (χ0n) is 24.4. The smallest absolute Gasteiger partial charge is 0.318 e. The van der Waals surface area contributed by atoms with Gasteiger partial charge in [0.2, 0.25) is 0 Å². The predicted octanol–water partition coefficient (Wildman–Crippen LogP) is 3.73. The van der Waals surface area contributed by atoms with E-state index in [1.54, 1.807) is 0 Å². The van der Waals surface area contributed by atoms with Gasteiger partial charge in [-0.05, 0) is 36.8 Å². The fraction of sp³-hybridized carbons (Fsp3) is 0.469. The van der Waals surface area contributed by atoms with Gasteiger partial charge in [0.15, 0.2) is 5.83 Å². The molecule has 0 saturated carbocycles. The fourth-order valence-electron chi connectivity index (χ4n) is 6.27. The van der Waals surface area contributed by atoms with Gasteiger partial charge in [-0.2, -0.15) is 9.97 Å². The summed E-state index contributed by atoms with van der Waals surface area (Å²) < 4.78 is 25.3. The number of aryl methyl sites for hydroxylation is 1. The highest BCUT2D eigenvalue weighted by Crippen LogP contribution is 2.35. The third-order valence-corrected chi connectivity index (χ3v) is 8.51. The average Bonchev–Trinajstić information content (AvgIpc) is 3.29. The Kier molecular flexibility index (Phi) is 8.53. The van der Waals surface area contributed by atoms with E-state index in [1.165, 1.54) is 26.9 Å². The van der Waals surface area contributed by atoms with Gasteiger partial charge in [0, 0.05) is 75.6 Å². The lowest BCUT2D eigenvalue weighted by Crippen LogP contribution is -2.49. The van der Waals surface area contributed by atoms with Gasteiger partial charge in [-0.25, -0.2) is 4.39 Å². The molecule has 0 spiro atoms. The van der Waals surface area contributed by atoms with E-state index >= 15 is 0 Å². The van der Waals surface area contributed by atoms with E-state index in [4.69, 9.17) is 19.4 Å². The molecule has 222 valence electrons. The largest absolute Gasteiger partial charge is 0.462 e. The van der Waals surface area contributed by atoms with Crippen molar-refractivity contribution in [3.8, 4) is 6.01 Å². The van der Waals surface area contributed by atoms with Crippen molar-refractivity contribution in [3.05, 3.63) is 65.6 Å². The Morgan fingerprint density at radius 3 is 2.62 bits per heavy atom. The highest BCUT2D eigenvalue weighted by atomic mass is 19.1. The van der Waals surface area contributed by atoms with Crippen molar-refractivity contribution in [2.75, 3.05) is 82.0 Å². The van der Waals surface area contributed by atoms with E-state index in [0.29, 0.717) is 45.3 Å². The first-order valence-corrected chi connectivity index (χ1v) is 14.9. The number of fused-ring (bicyclic) bond motifs is 2. The Morgan fingerprint density at radius 1 is 1.00 bits per heavy atom. The van der Waals surface area contributed by atoms with Crippen LogP contribution in [0.25, 0.3) is 10.8 Å². The highest BCUT2D eigenvalue weighted by Gasteiger charge is 2.30. The molecule has 0 aliphatic carbocycles. The molecule has 3 aliphatic heterocycles. The maximum absolute atomic E-state index is 13.5. The number of aromatic nitrogens is 2. The first kappa shape index (κ1) is 28.4. The van der Waals surface area contributed by atoms with Gasteiger partial charge in [0.1, 0.15) is 12.4 Å². The van der Waals surface area contributed by atoms with Crippen molar-refractivity contribution in [1.29, 1.82) is 0 Å². The van der Waals surface area contributed by atoms with Crippen molar-refractivity contribution in [2.45, 2.75) is 26.3 Å². The van der Waals surface area contributed by atoms with Crippen molar-refractivity contribution in [3.63, 3.8) is 0 Å². The standard InChI is InChI=1S/C32H39FN6O3/c1-23-6-3-7-25-8-4-9-28(29(23)25)39-12-10-26-27(22-39)34-32(42-21-18-36-11-5-19-41-20-17-36)35-30(26)37-13-15-38(16-14-37)31(40)24(2)33/h3-4,6-9H,2,5,10-22H2,1H3. The summed E-state index contributed by atoms with van der Waals surface area (Å²) in [6.07, 6.45) is 1.81. The van der Waals surface area contributed by atoms with Crippen LogP contribution in [0.1, 0.15) is 23.2 Å². The second kappa shape index (κ2) is 12.6. The van der Waals surface area contributed by atoms with Crippen molar-refractivity contribution in [2.24, 2.45) is 0 Å². The van der Waals surface area contributed by atoms with Crippen molar-refractivity contribution >= 4 is 28.2 Å². The number of benzene rings is 2. The molecule has 10 heteroatoms. The van der Waals surface area contributed by atoms with Crippen LogP contribution in [0.4, 0.5) is 15.9 Å². The minimum absolute atomic E-state index is 0.376. The lowest BCUT2D eigenvalue weighted by Gasteiger charge is -2.38. The van der Waals surface area contributed by atoms with E-state index < -0.39 is 11.7 Å². The molecule has 0 radical (unpaired) electrons. The molecule has 0 atom stereocenters. The molecule has 0 unspecified atom stereocenters. The third kappa shape index (κ3) is 6.05. The van der Waals surface area contributed by atoms with Gasteiger partial charge in [0.25, 0.3) is 5.91 Å². The van der Waals surface area contributed by atoms with Crippen LogP contribution in [0.15, 0.2) is 48.8 Å². The van der Waals surface area contributed by atoms with E-state index in [1.807, 2.05) is 0 Å². The maximum Gasteiger partial charge on any atom is 0.318 e. The quantitative estimate of drug-likeness (QED) is 0.396. The number of anilines is 2. The predicted molar refractivity (Wildman–Crippen MR) is 162 cm³/mol. The first-order valence-electron chi connectivity index (χ1n) is 14.9. The summed E-state index contributed by atoms with van der Waals surface area (Å²) in [5.74, 6) is -0.695. The van der Waals surface area contributed by atoms with Gasteiger partial charge in [-0.3, -0.25) is 9.69 Å². The molecule has 2 aromatic carbocycles. The molecule has 3 aromatic rings. The lowest BCUT2D eigenvalue weighted by atomic mass is 9.99. The Hall–Kier alpha value is -3.76. The highest BCUT2D eigenvalue weighted by molar-refractivity contribution is 5.97. The summed E-state index contributed by atoms with van der Waals surface area (Å²) in [6, 6.07) is 13.3. The van der Waals surface area contributed by atoms with E-state index in [2.05, 4.69) is 64.6 Å². The van der Waals surface area contributed by atoms with Crippen LogP contribution in [0.3, 0.4) is 0 Å². The molecule has 4 heterocycles. The van der Waals surface area contributed by atoms with Crippen LogP contribution < -0.4 is 14.5 Å². The Labute approximate surface area is 246 Å². The number of amides is 1. The molecule has 0 bridgehead atoms. The Balaban J connectivity index is 1.26. The molecule has 2 saturated heterocycles. The normalized spacial score (nSPS) is 18.1. The second-order valence-electron chi connectivity index (χ2n) is 11.2. The fourth-order valence-corrected chi connectivity index (χ4v) is 6.27. The van der Waals surface area contributed by atoms with Gasteiger partial charge in [-0.15, -0.1) is 0 Å². The average molecular weight is 575 g/mol. The number of rotatable bonds is 7. The summed E-state index contributed by atoms with van der Waals surface area (Å²) in [5.41, 5.74) is 4.55. The molecule has 42 heavy (non-hydrogen) atoms. The van der Waals surface area contributed by atoms with Crippen molar-refractivity contribution in [1.82, 2.24) is 19.8 Å². The monoisotopic (exact) mass is 574 g/mol. The number of carbonyl (C=O) groups excluding carboxylic acids is 1. The summed E-state index contributed by atoms with van der Waals surface area (Å²) in [4.78, 5) is 30.5. The minimum atomic E-state index is -0.918. The van der Waals surface area contributed by atoms with E-state index in [-0.39, 0.29) is 0 Å². The minimum Gasteiger partial charge on any atom is -0.462 e.